The van der Waals surface area contributed by atoms with Crippen molar-refractivity contribution in [3.8, 4) is 0 Å². The average Bonchev–Trinajstić information content (AvgIpc) is 2.56. The van der Waals surface area contributed by atoms with Crippen molar-refractivity contribution in [2.45, 2.75) is 0 Å². The predicted octanol–water partition coefficient (Wildman–Crippen LogP) is -0.504. The van der Waals surface area contributed by atoms with E-state index in [1.54, 1.807) is 17.9 Å². The Kier molecular flexibility index (Phi) is 3.03. The summed E-state index contributed by atoms with van der Waals surface area (Å²) in [5.41, 5.74) is 0.604. The molecule has 0 atom stereocenters. The molecule has 0 amide bonds. The van der Waals surface area contributed by atoms with Gasteiger partial charge in [0.15, 0.2) is 0 Å². The number of hydrogen-bond acceptors (Lipinski definition) is 3. The third-order valence-electron chi connectivity index (χ3n) is 1.87. The summed E-state index contributed by atoms with van der Waals surface area (Å²) in [5, 5.41) is 3.91. The van der Waals surface area contributed by atoms with E-state index in [0.717, 1.165) is 0 Å². The fraction of sp³-hybridized carbons (Fsp3) is 0.500. The topological polar surface area (TPSA) is 67.2 Å². The zero-order chi connectivity index (χ0) is 9.47. The minimum absolute atomic E-state index is 0. The first-order valence-corrected chi connectivity index (χ1v) is 5.29. The maximum Gasteiger partial charge on any atom is 0.301 e. The Morgan fingerprint density at radius 1 is 1.57 bits per heavy atom. The van der Waals surface area contributed by atoms with E-state index in [0.29, 0.717) is 18.8 Å². The Bertz CT molecular complexity index is 415. The molecule has 14 heavy (non-hydrogen) atoms. The van der Waals surface area contributed by atoms with Gasteiger partial charge in [-0.15, -0.1) is 12.4 Å². The molecule has 0 spiro atoms. The third kappa shape index (κ3) is 1.84. The largest absolute Gasteiger partial charge is 0.301 e. The second-order valence-corrected chi connectivity index (χ2v) is 4.52. The van der Waals surface area contributed by atoms with E-state index < -0.39 is 10.2 Å². The second-order valence-electron chi connectivity index (χ2n) is 2.84. The van der Waals surface area contributed by atoms with E-state index in [-0.39, 0.29) is 12.4 Å². The lowest BCUT2D eigenvalue weighted by atomic mass is 10.5. The van der Waals surface area contributed by atoms with Gasteiger partial charge in [-0.1, -0.05) is 0 Å². The molecule has 0 unspecified atom stereocenters. The van der Waals surface area contributed by atoms with Gasteiger partial charge in [-0.25, -0.2) is 0 Å². The van der Waals surface area contributed by atoms with Gasteiger partial charge in [0.1, 0.15) is 0 Å². The number of halogens is 1. The minimum Gasteiger partial charge on any atom is -0.274 e. The van der Waals surface area contributed by atoms with Gasteiger partial charge in [-0.3, -0.25) is 8.99 Å². The second kappa shape index (κ2) is 3.76. The van der Waals surface area contributed by atoms with Crippen LogP contribution in [-0.2, 0) is 17.3 Å². The lowest BCUT2D eigenvalue weighted by molar-refractivity contribution is 0.591. The first kappa shape index (κ1) is 11.3. The predicted molar refractivity (Wildman–Crippen MR) is 54.7 cm³/mol. The Morgan fingerprint density at radius 2 is 2.29 bits per heavy atom. The van der Waals surface area contributed by atoms with Crippen LogP contribution < -0.4 is 9.03 Å². The quantitative estimate of drug-likeness (QED) is 0.717. The van der Waals surface area contributed by atoms with Gasteiger partial charge in [0.2, 0.25) is 0 Å². The number of anilines is 1. The van der Waals surface area contributed by atoms with Gasteiger partial charge in [-0.2, -0.15) is 18.2 Å². The average molecular weight is 239 g/mol. The number of nitrogens with one attached hydrogen (secondary N) is 1. The summed E-state index contributed by atoms with van der Waals surface area (Å²) in [4.78, 5) is 0. The van der Waals surface area contributed by atoms with Crippen molar-refractivity contribution in [2.24, 2.45) is 7.05 Å². The van der Waals surface area contributed by atoms with E-state index in [1.165, 1.54) is 10.5 Å². The molecule has 1 N–H and O–H groups in total. The van der Waals surface area contributed by atoms with Gasteiger partial charge >= 0.3 is 10.2 Å². The lowest BCUT2D eigenvalue weighted by Crippen LogP contribution is -2.28. The monoisotopic (exact) mass is 238 g/mol. The first-order chi connectivity index (χ1) is 6.09. The highest BCUT2D eigenvalue weighted by atomic mass is 35.5. The fourth-order valence-corrected chi connectivity index (χ4v) is 2.49. The summed E-state index contributed by atoms with van der Waals surface area (Å²) in [6, 6.07) is 0. The highest BCUT2D eigenvalue weighted by Crippen LogP contribution is 2.17. The van der Waals surface area contributed by atoms with Crippen molar-refractivity contribution < 1.29 is 8.42 Å². The summed E-state index contributed by atoms with van der Waals surface area (Å²) in [5.74, 6) is 0. The van der Waals surface area contributed by atoms with Gasteiger partial charge in [0.05, 0.1) is 11.9 Å². The number of aryl methyl sites for hydroxylation is 1. The Labute approximate surface area is 88.5 Å². The summed E-state index contributed by atoms with van der Waals surface area (Å²) < 4.78 is 28.0. The Hall–Kier alpha value is -0.790. The van der Waals surface area contributed by atoms with Gasteiger partial charge in [0.25, 0.3) is 0 Å². The molecular formula is C6H11ClN4O2S. The summed E-state index contributed by atoms with van der Waals surface area (Å²) >= 11 is 0. The Balaban J connectivity index is 0.000000980. The molecule has 80 valence electrons. The smallest absolute Gasteiger partial charge is 0.274 e. The standard InChI is InChI=1S/C6H10N4O2S.ClH/c1-9-5-6(4-7-9)10-3-2-8-13(10,11)12;/h4-5,8H,2-3H2,1H3;1H. The zero-order valence-electron chi connectivity index (χ0n) is 7.54. The normalized spacial score (nSPS) is 19.4. The van der Waals surface area contributed by atoms with Crippen LogP contribution in [0.2, 0.25) is 0 Å². The third-order valence-corrected chi connectivity index (χ3v) is 3.41. The number of aromatic nitrogens is 2. The highest BCUT2D eigenvalue weighted by molar-refractivity contribution is 7.91. The van der Waals surface area contributed by atoms with Crippen LogP contribution in [0.15, 0.2) is 12.4 Å². The van der Waals surface area contributed by atoms with Crippen molar-refractivity contribution in [1.82, 2.24) is 14.5 Å². The molecule has 1 aliphatic rings. The zero-order valence-corrected chi connectivity index (χ0v) is 9.18. The van der Waals surface area contributed by atoms with E-state index in [4.69, 9.17) is 0 Å². The molecule has 2 rings (SSSR count). The summed E-state index contributed by atoms with van der Waals surface area (Å²) in [7, 11) is -1.55. The van der Waals surface area contributed by atoms with Crippen LogP contribution in [0.5, 0.6) is 0 Å². The van der Waals surface area contributed by atoms with Gasteiger partial charge in [-0.05, 0) is 0 Å². The van der Waals surface area contributed by atoms with Gasteiger partial charge < -0.3 is 0 Å². The fourth-order valence-electron chi connectivity index (χ4n) is 1.28. The molecule has 8 heteroatoms. The van der Waals surface area contributed by atoms with Crippen LogP contribution in [0, 0.1) is 0 Å². The van der Waals surface area contributed by atoms with Crippen molar-refractivity contribution in [2.75, 3.05) is 17.4 Å². The van der Waals surface area contributed by atoms with E-state index in [2.05, 4.69) is 9.82 Å². The maximum atomic E-state index is 11.3. The molecule has 0 aromatic carbocycles. The molecule has 1 fully saturated rings. The van der Waals surface area contributed by atoms with Crippen LogP contribution in [-0.4, -0.2) is 31.3 Å². The van der Waals surface area contributed by atoms with Crippen LogP contribution in [0.3, 0.4) is 0 Å². The maximum absolute atomic E-state index is 11.3. The summed E-state index contributed by atoms with van der Waals surface area (Å²) in [6.07, 6.45) is 3.20. The molecule has 2 heterocycles. The van der Waals surface area contributed by atoms with E-state index in [1.807, 2.05) is 0 Å². The van der Waals surface area contributed by atoms with E-state index >= 15 is 0 Å². The van der Waals surface area contributed by atoms with Crippen LogP contribution in [0.25, 0.3) is 0 Å². The molecule has 0 bridgehead atoms. The number of hydrogen-bond donors (Lipinski definition) is 1. The van der Waals surface area contributed by atoms with Crippen molar-refractivity contribution in [3.63, 3.8) is 0 Å². The molecule has 1 aromatic rings. The minimum atomic E-state index is -3.30. The van der Waals surface area contributed by atoms with Crippen molar-refractivity contribution in [1.29, 1.82) is 0 Å². The molecule has 1 saturated heterocycles. The SMILES string of the molecule is Cl.Cn1cc(N2CCNS2(=O)=O)cn1. The molecular weight excluding hydrogens is 228 g/mol. The van der Waals surface area contributed by atoms with Crippen LogP contribution in [0.1, 0.15) is 0 Å². The Morgan fingerprint density at radius 3 is 2.71 bits per heavy atom. The van der Waals surface area contributed by atoms with Crippen molar-refractivity contribution >= 4 is 28.3 Å². The van der Waals surface area contributed by atoms with Crippen LogP contribution in [0.4, 0.5) is 5.69 Å². The summed E-state index contributed by atoms with van der Waals surface area (Å²) in [6.45, 7) is 0.922. The first-order valence-electron chi connectivity index (χ1n) is 3.85. The lowest BCUT2D eigenvalue weighted by Gasteiger charge is -2.11. The molecule has 0 aliphatic carbocycles. The molecule has 0 saturated carbocycles. The number of rotatable bonds is 1. The molecule has 1 aliphatic heterocycles. The van der Waals surface area contributed by atoms with E-state index in [9.17, 15) is 8.42 Å². The van der Waals surface area contributed by atoms with Crippen molar-refractivity contribution in [3.05, 3.63) is 12.4 Å². The molecule has 0 radical (unpaired) electrons. The highest BCUT2D eigenvalue weighted by Gasteiger charge is 2.28. The molecule has 6 nitrogen and oxygen atoms in total. The van der Waals surface area contributed by atoms with Crippen LogP contribution >= 0.6 is 12.4 Å². The van der Waals surface area contributed by atoms with Gasteiger partial charge in [0, 0.05) is 26.3 Å². The molecule has 1 aromatic heterocycles. The number of nitrogens with zero attached hydrogens (tertiary/aromatic N) is 3.